The molecule has 0 aliphatic heterocycles. The maximum absolute atomic E-state index is 13.7. The van der Waals surface area contributed by atoms with Crippen LogP contribution in [0.3, 0.4) is 0 Å². The molecule has 0 radical (unpaired) electrons. The van der Waals surface area contributed by atoms with Crippen molar-refractivity contribution >= 4 is 77.0 Å². The van der Waals surface area contributed by atoms with E-state index in [1.165, 1.54) is 20.8 Å². The van der Waals surface area contributed by atoms with Crippen LogP contribution in [-0.2, 0) is 57.5 Å². The second kappa shape index (κ2) is 33.5. The minimum absolute atomic E-state index is 0.0570. The van der Waals surface area contributed by atoms with E-state index in [2.05, 4.69) is 52.8 Å². The molecule has 0 saturated heterocycles. The Bertz CT molecular complexity index is 2040. The molecule has 0 rings (SSSR count). The highest BCUT2D eigenvalue weighted by Crippen LogP contribution is 2.08. The van der Waals surface area contributed by atoms with Crippen molar-refractivity contribution in [1.29, 1.82) is 0 Å². The molecule has 75 heavy (non-hydrogen) atoms. The van der Waals surface area contributed by atoms with Crippen LogP contribution >= 0.6 is 0 Å². The van der Waals surface area contributed by atoms with Crippen LogP contribution in [0.5, 0.6) is 0 Å². The van der Waals surface area contributed by atoms with Gasteiger partial charge in [-0.05, 0) is 59.3 Å². The molecular formula is C42H75N14O19+. The van der Waals surface area contributed by atoms with Gasteiger partial charge in [0, 0.05) is 12.8 Å². The summed E-state index contributed by atoms with van der Waals surface area (Å²) in [5.74, 6) is -15.3. The number of carboxylic acid groups (broad SMARTS) is 2. The maximum Gasteiger partial charge on any atom is 0.338 e. The van der Waals surface area contributed by atoms with Crippen molar-refractivity contribution in [2.75, 3.05) is 19.8 Å². The molecule has 10 amide bonds. The van der Waals surface area contributed by atoms with Gasteiger partial charge in [0.1, 0.15) is 60.4 Å². The molecule has 0 bridgehead atoms. The fraction of sp³-hybridized carbons (Fsp3) is 0.690. The minimum atomic E-state index is -1.97. The standard InChI is InChI=1S/C42H74N14O19/c1-16(2)29(41(74)75)54-40(73)31(20(6)61)56-37(70)25(15-58)52-35(68)23(10-12-27(63)64)51-39(72)30(19(5)60)55-32(65)17(3)48-33(66)22(9-11-26(43)62)50-34(67)21(8-7-13-47-42(45)46)49-36(69)24(14-57)53-38(71)28(44)18(4)59/h16-25,28-31,57-61H,7-15,44H2,1-6H3,(H2,43,62)(H,48,66)(H,49,69)(H,50,67)(H,51,72)(H,52,68)(H,53,71)(H,54,73)(H,55,65)(H,56,70)(H,63,64)(H,74,75)(H4,45,46,47)/p+1/t17-,18+,19+,20+,21-,22-,23-,24-,25-,28-,29-,30-,31-/m0/s1. The van der Waals surface area contributed by atoms with Crippen molar-refractivity contribution in [1.82, 2.24) is 47.9 Å². The van der Waals surface area contributed by atoms with E-state index in [1.807, 2.05) is 0 Å². The summed E-state index contributed by atoms with van der Waals surface area (Å²) in [6, 6.07) is -17.1. The number of rotatable bonds is 35. The van der Waals surface area contributed by atoms with Crippen molar-refractivity contribution in [3.63, 3.8) is 0 Å². The topological polar surface area (TPSA) is 573 Å². The Kier molecular flexibility index (Phi) is 30.2. The van der Waals surface area contributed by atoms with Crippen molar-refractivity contribution in [3.05, 3.63) is 0 Å². The number of carbonyl (C=O) groups is 12. The number of aliphatic carboxylic acids is 2. The molecule has 0 spiro atoms. The van der Waals surface area contributed by atoms with E-state index in [0.717, 1.165) is 20.8 Å². The van der Waals surface area contributed by atoms with Crippen LogP contribution in [-0.4, -0.2) is 211 Å². The number of amides is 10. The third-order valence-corrected chi connectivity index (χ3v) is 10.8. The normalized spacial score (nSPS) is 16.3. The summed E-state index contributed by atoms with van der Waals surface area (Å²) < 4.78 is 0. The fourth-order valence-electron chi connectivity index (χ4n) is 6.33. The molecule has 33 nitrogen and oxygen atoms in total. The number of nitrogens with one attached hydrogen (secondary N) is 10. The number of hydrogen-bond donors (Lipinski definition) is 21. The van der Waals surface area contributed by atoms with Crippen LogP contribution in [0.25, 0.3) is 0 Å². The summed E-state index contributed by atoms with van der Waals surface area (Å²) in [5, 5.41) is 88.7. The molecule has 0 aromatic carbocycles. The van der Waals surface area contributed by atoms with E-state index in [1.54, 1.807) is 0 Å². The number of guanidine groups is 1. The first-order chi connectivity index (χ1) is 34.8. The average Bonchev–Trinajstić information content (AvgIpc) is 3.31. The Morgan fingerprint density at radius 2 is 0.827 bits per heavy atom. The minimum Gasteiger partial charge on any atom is -0.481 e. The lowest BCUT2D eigenvalue weighted by Gasteiger charge is -2.28. The van der Waals surface area contributed by atoms with Gasteiger partial charge in [0.25, 0.3) is 0 Å². The number of aliphatic hydroxyl groups is 5. The number of aliphatic hydroxyl groups excluding tert-OH is 5. The molecular weight excluding hydrogens is 1000 g/mol. The molecule has 426 valence electrons. The smallest absolute Gasteiger partial charge is 0.338 e. The van der Waals surface area contributed by atoms with Crippen LogP contribution < -0.4 is 75.8 Å². The predicted octanol–water partition coefficient (Wildman–Crippen LogP) is -12.2. The summed E-state index contributed by atoms with van der Waals surface area (Å²) >= 11 is 0. The molecule has 0 aliphatic carbocycles. The molecule has 25 N–H and O–H groups in total. The van der Waals surface area contributed by atoms with Gasteiger partial charge in [-0.3, -0.25) is 69.2 Å². The zero-order chi connectivity index (χ0) is 58.0. The summed E-state index contributed by atoms with van der Waals surface area (Å²) in [4.78, 5) is 157. The molecule has 0 aromatic heterocycles. The summed E-state index contributed by atoms with van der Waals surface area (Å²) in [5.41, 5.74) is 21.7. The molecule has 0 unspecified atom stereocenters. The van der Waals surface area contributed by atoms with E-state index in [4.69, 9.17) is 22.9 Å². The van der Waals surface area contributed by atoms with Crippen molar-refractivity contribution in [3.8, 4) is 0 Å². The Hall–Kier alpha value is -7.33. The van der Waals surface area contributed by atoms with E-state index < -0.39 is 195 Å². The molecule has 0 fully saturated rings. The lowest BCUT2D eigenvalue weighted by Crippen LogP contribution is -2.78. The van der Waals surface area contributed by atoms with Crippen LogP contribution in [0.2, 0.25) is 0 Å². The molecule has 0 aromatic rings. The van der Waals surface area contributed by atoms with E-state index in [0.29, 0.717) is 0 Å². The van der Waals surface area contributed by atoms with E-state index in [9.17, 15) is 93.3 Å². The second-order valence-corrected chi connectivity index (χ2v) is 17.7. The monoisotopic (exact) mass is 1080 g/mol. The largest absolute Gasteiger partial charge is 0.481 e. The predicted molar refractivity (Wildman–Crippen MR) is 256 cm³/mol. The van der Waals surface area contributed by atoms with Gasteiger partial charge in [-0.25, -0.2) is 4.79 Å². The third-order valence-electron chi connectivity index (χ3n) is 10.8. The number of carboxylic acids is 2. The lowest BCUT2D eigenvalue weighted by atomic mass is 10.0. The second-order valence-electron chi connectivity index (χ2n) is 17.7. The number of nitrogens with two attached hydrogens (primary N) is 4. The molecule has 0 heterocycles. The molecule has 0 saturated carbocycles. The van der Waals surface area contributed by atoms with Crippen molar-refractivity contribution in [2.24, 2.45) is 28.9 Å². The number of carbonyl (C=O) groups excluding carboxylic acids is 10. The lowest BCUT2D eigenvalue weighted by molar-refractivity contribution is -0.459. The van der Waals surface area contributed by atoms with Crippen LogP contribution in [0.15, 0.2) is 0 Å². The average molecular weight is 1080 g/mol. The summed E-state index contributed by atoms with van der Waals surface area (Å²) in [7, 11) is 0. The molecule has 0 aliphatic rings. The summed E-state index contributed by atoms with van der Waals surface area (Å²) in [6.45, 7) is 5.20. The first-order valence-corrected chi connectivity index (χ1v) is 23.4. The van der Waals surface area contributed by atoms with Gasteiger partial charge in [-0.15, -0.1) is 0 Å². The van der Waals surface area contributed by atoms with Gasteiger partial charge < -0.3 is 95.1 Å². The van der Waals surface area contributed by atoms with Crippen LogP contribution in [0.1, 0.15) is 80.1 Å². The fourth-order valence-corrected chi connectivity index (χ4v) is 6.33. The van der Waals surface area contributed by atoms with E-state index in [-0.39, 0.29) is 25.3 Å². The Balaban J connectivity index is 6.42. The maximum atomic E-state index is 13.7. The van der Waals surface area contributed by atoms with Gasteiger partial charge in [0.2, 0.25) is 59.1 Å². The molecule has 13 atom stereocenters. The highest BCUT2D eigenvalue weighted by atomic mass is 16.4. The zero-order valence-electron chi connectivity index (χ0n) is 42.3. The quantitative estimate of drug-likeness (QED) is 0.0159. The van der Waals surface area contributed by atoms with Crippen LogP contribution in [0.4, 0.5) is 0 Å². The highest BCUT2D eigenvalue weighted by Gasteiger charge is 2.37. The Morgan fingerprint density at radius 1 is 0.453 bits per heavy atom. The molecule has 33 heteroatoms. The highest BCUT2D eigenvalue weighted by molar-refractivity contribution is 5.99. The number of primary amides is 1. The number of hydrogen-bond acceptors (Lipinski definition) is 18. The van der Waals surface area contributed by atoms with Gasteiger partial charge >= 0.3 is 17.9 Å². The Morgan fingerprint density at radius 3 is 1.24 bits per heavy atom. The van der Waals surface area contributed by atoms with Crippen LogP contribution in [0, 0.1) is 5.92 Å². The first kappa shape index (κ1) is 67.7. The first-order valence-electron chi connectivity index (χ1n) is 23.4. The van der Waals surface area contributed by atoms with Crippen molar-refractivity contribution in [2.45, 2.75) is 159 Å². The van der Waals surface area contributed by atoms with Gasteiger partial charge in [0.15, 0.2) is 0 Å². The summed E-state index contributed by atoms with van der Waals surface area (Å²) in [6.07, 6.45) is -7.43. The van der Waals surface area contributed by atoms with Gasteiger partial charge in [-0.1, -0.05) is 13.8 Å². The van der Waals surface area contributed by atoms with Gasteiger partial charge in [-0.2, -0.15) is 0 Å². The Labute approximate surface area is 429 Å². The van der Waals surface area contributed by atoms with Crippen molar-refractivity contribution < 1.29 is 98.3 Å². The third kappa shape index (κ3) is 25.0. The zero-order valence-corrected chi connectivity index (χ0v) is 42.3. The SMILES string of the molecule is CC(C)[C@H](NC(=O)[C@@H](NC(=O)[C@H](CO)NC(=O)[C@H](CCC(=O)O)NC(=O)[C@@H](NC(=O)[C@H](C)NC(=O)[C@H](CCC(N)=O)NC(=O)[C@H](CCC[NH+]=C(N)N)NC(=O)[C@H](CO)NC(=O)[C@@H](N)[C@@H](C)O)[C@@H](C)O)[C@@H](C)O)C(=O)O. The van der Waals surface area contributed by atoms with Gasteiger partial charge in [0.05, 0.1) is 38.1 Å². The van der Waals surface area contributed by atoms with E-state index >= 15 is 0 Å².